The van der Waals surface area contributed by atoms with Gasteiger partial charge in [-0.15, -0.1) is 0 Å². The zero-order valence-corrected chi connectivity index (χ0v) is 16.5. The number of methoxy groups -OCH3 is 1. The van der Waals surface area contributed by atoms with Crippen LogP contribution in [0.4, 0.5) is 11.4 Å². The normalized spacial score (nSPS) is 16.1. The lowest BCUT2D eigenvalue weighted by Crippen LogP contribution is -2.19. The Hall–Kier alpha value is -3.85. The van der Waals surface area contributed by atoms with E-state index < -0.39 is 4.92 Å². The van der Waals surface area contributed by atoms with Gasteiger partial charge in [-0.05, 0) is 60.3 Å². The van der Waals surface area contributed by atoms with Crippen LogP contribution in [0, 0.1) is 10.1 Å². The second-order valence-corrected chi connectivity index (χ2v) is 7.22. The molecule has 1 saturated heterocycles. The predicted molar refractivity (Wildman–Crippen MR) is 115 cm³/mol. The van der Waals surface area contributed by atoms with Crippen molar-refractivity contribution in [3.8, 4) is 17.1 Å². The van der Waals surface area contributed by atoms with Gasteiger partial charge >= 0.3 is 0 Å². The van der Waals surface area contributed by atoms with Crippen LogP contribution in [0.5, 0.6) is 5.75 Å². The van der Waals surface area contributed by atoms with Gasteiger partial charge in [0.2, 0.25) is 0 Å². The average Bonchev–Trinajstić information content (AvgIpc) is 3.35. The van der Waals surface area contributed by atoms with Crippen LogP contribution in [0.1, 0.15) is 5.76 Å². The quantitative estimate of drug-likeness (QED) is 0.362. The van der Waals surface area contributed by atoms with Crippen LogP contribution in [-0.4, -0.2) is 23.1 Å². The van der Waals surface area contributed by atoms with Gasteiger partial charge in [-0.2, -0.15) is 0 Å². The fourth-order valence-corrected chi connectivity index (χ4v) is 3.54. The molecule has 0 bridgehead atoms. The lowest BCUT2D eigenvalue weighted by Gasteiger charge is -1.99. The van der Waals surface area contributed by atoms with Gasteiger partial charge in [0.05, 0.1) is 22.6 Å². The monoisotopic (exact) mass is 421 g/mol. The van der Waals surface area contributed by atoms with E-state index in [9.17, 15) is 14.9 Å². The van der Waals surface area contributed by atoms with Crippen LogP contribution < -0.4 is 10.1 Å². The summed E-state index contributed by atoms with van der Waals surface area (Å²) in [4.78, 5) is 27.4. The molecule has 1 amide bonds. The zero-order chi connectivity index (χ0) is 21.1. The molecule has 0 aliphatic carbocycles. The number of furan rings is 1. The van der Waals surface area contributed by atoms with Crippen molar-refractivity contribution in [3.05, 3.63) is 81.4 Å². The molecule has 0 spiro atoms. The molecule has 1 fully saturated rings. The first-order valence-electron chi connectivity index (χ1n) is 8.80. The summed E-state index contributed by atoms with van der Waals surface area (Å²) >= 11 is 1.21. The number of carbonyl (C=O) groups is 1. The van der Waals surface area contributed by atoms with E-state index >= 15 is 0 Å². The molecule has 1 aromatic heterocycles. The summed E-state index contributed by atoms with van der Waals surface area (Å²) in [7, 11) is 1.59. The Morgan fingerprint density at radius 2 is 1.83 bits per heavy atom. The number of nitrogens with one attached hydrogen (secondary N) is 1. The minimum Gasteiger partial charge on any atom is -0.497 e. The van der Waals surface area contributed by atoms with Crippen LogP contribution in [0.15, 0.2) is 75.0 Å². The van der Waals surface area contributed by atoms with E-state index in [1.54, 1.807) is 61.7 Å². The van der Waals surface area contributed by atoms with Crippen molar-refractivity contribution in [2.45, 2.75) is 0 Å². The Morgan fingerprint density at radius 1 is 1.10 bits per heavy atom. The maximum absolute atomic E-state index is 12.3. The number of amides is 1. The fraction of sp³-hybridized carbons (Fsp3) is 0.0476. The number of aliphatic imine (C=N–C) groups is 1. The molecule has 0 unspecified atom stereocenters. The molecule has 1 aliphatic heterocycles. The Morgan fingerprint density at radius 3 is 2.50 bits per heavy atom. The van der Waals surface area contributed by atoms with E-state index in [1.807, 2.05) is 0 Å². The van der Waals surface area contributed by atoms with Crippen LogP contribution in [0.25, 0.3) is 17.4 Å². The van der Waals surface area contributed by atoms with Crippen molar-refractivity contribution in [1.29, 1.82) is 0 Å². The molecule has 0 saturated carbocycles. The summed E-state index contributed by atoms with van der Waals surface area (Å²) in [6.07, 6.45) is 1.63. The largest absolute Gasteiger partial charge is 0.497 e. The van der Waals surface area contributed by atoms with Crippen molar-refractivity contribution >= 4 is 40.3 Å². The first-order chi connectivity index (χ1) is 14.5. The van der Waals surface area contributed by atoms with Gasteiger partial charge < -0.3 is 14.5 Å². The van der Waals surface area contributed by atoms with Crippen molar-refractivity contribution in [2.75, 3.05) is 7.11 Å². The highest BCUT2D eigenvalue weighted by Crippen LogP contribution is 2.30. The molecule has 30 heavy (non-hydrogen) atoms. The maximum Gasteiger partial charge on any atom is 0.269 e. The molecule has 4 rings (SSSR count). The van der Waals surface area contributed by atoms with Crippen molar-refractivity contribution in [1.82, 2.24) is 5.32 Å². The Balaban J connectivity index is 1.50. The summed E-state index contributed by atoms with van der Waals surface area (Å²) in [6, 6.07) is 16.7. The standard InChI is InChI=1S/C21H15N3O5S/c1-28-16-8-4-14(5-9-16)22-21-23-20(25)19(30-21)12-17-10-11-18(29-17)13-2-6-15(7-3-13)24(26)27/h2-12H,1H3,(H,22,23,25)/b19-12-. The molecule has 9 heteroatoms. The number of nitro groups is 1. The number of nitro benzene ring substituents is 1. The highest BCUT2D eigenvalue weighted by atomic mass is 32.2. The molecular formula is C21H15N3O5S. The smallest absolute Gasteiger partial charge is 0.269 e. The third-order valence-electron chi connectivity index (χ3n) is 4.22. The SMILES string of the molecule is COc1ccc(N=C2NC(=O)/C(=C/c3ccc(-c4ccc([N+](=O)[O-])cc4)o3)S2)cc1. The van der Waals surface area contributed by atoms with Crippen LogP contribution >= 0.6 is 11.8 Å². The molecule has 0 atom stereocenters. The topological polar surface area (TPSA) is 107 Å². The molecule has 3 aromatic rings. The van der Waals surface area contributed by atoms with Gasteiger partial charge in [-0.3, -0.25) is 14.9 Å². The first kappa shape index (κ1) is 19.5. The molecule has 2 heterocycles. The fourth-order valence-electron chi connectivity index (χ4n) is 2.72. The lowest BCUT2D eigenvalue weighted by molar-refractivity contribution is -0.384. The number of hydrogen-bond donors (Lipinski definition) is 1. The number of nitrogens with zero attached hydrogens (tertiary/aromatic N) is 2. The number of rotatable bonds is 5. The van der Waals surface area contributed by atoms with Gasteiger partial charge in [-0.1, -0.05) is 0 Å². The number of thioether (sulfide) groups is 1. The Bertz CT molecular complexity index is 1160. The van der Waals surface area contributed by atoms with Gasteiger partial charge in [0.1, 0.15) is 17.3 Å². The second-order valence-electron chi connectivity index (χ2n) is 6.19. The average molecular weight is 421 g/mol. The minimum atomic E-state index is -0.456. The molecule has 2 aromatic carbocycles. The van der Waals surface area contributed by atoms with E-state index in [2.05, 4.69) is 10.3 Å². The molecule has 1 aliphatic rings. The van der Waals surface area contributed by atoms with E-state index in [1.165, 1.54) is 23.9 Å². The van der Waals surface area contributed by atoms with Gasteiger partial charge in [0.15, 0.2) is 5.17 Å². The predicted octanol–water partition coefficient (Wildman–Crippen LogP) is 4.76. The van der Waals surface area contributed by atoms with Crippen molar-refractivity contribution in [3.63, 3.8) is 0 Å². The van der Waals surface area contributed by atoms with Gasteiger partial charge in [-0.25, -0.2) is 4.99 Å². The summed E-state index contributed by atoms with van der Waals surface area (Å²) in [5.41, 5.74) is 1.41. The summed E-state index contributed by atoms with van der Waals surface area (Å²) in [5.74, 6) is 1.50. The summed E-state index contributed by atoms with van der Waals surface area (Å²) in [6.45, 7) is 0. The number of amidine groups is 1. The number of hydrogen-bond acceptors (Lipinski definition) is 7. The third-order valence-corrected chi connectivity index (χ3v) is 5.13. The second kappa shape index (κ2) is 8.26. The van der Waals surface area contributed by atoms with Crippen LogP contribution in [0.2, 0.25) is 0 Å². The van der Waals surface area contributed by atoms with Crippen LogP contribution in [-0.2, 0) is 4.79 Å². The van der Waals surface area contributed by atoms with Crippen LogP contribution in [0.3, 0.4) is 0 Å². The molecule has 8 nitrogen and oxygen atoms in total. The van der Waals surface area contributed by atoms with E-state index in [4.69, 9.17) is 9.15 Å². The number of carbonyl (C=O) groups excluding carboxylic acids is 1. The number of ether oxygens (including phenoxy) is 1. The minimum absolute atomic E-state index is 0.00958. The Kier molecular flexibility index (Phi) is 5.36. The zero-order valence-electron chi connectivity index (χ0n) is 15.7. The summed E-state index contributed by atoms with van der Waals surface area (Å²) < 4.78 is 10.9. The third kappa shape index (κ3) is 4.26. The summed E-state index contributed by atoms with van der Waals surface area (Å²) in [5, 5.41) is 14.0. The molecule has 0 radical (unpaired) electrons. The van der Waals surface area contributed by atoms with Crippen molar-refractivity contribution in [2.24, 2.45) is 4.99 Å². The maximum atomic E-state index is 12.3. The van der Waals surface area contributed by atoms with Gasteiger partial charge in [0.25, 0.3) is 11.6 Å². The molecule has 150 valence electrons. The molecule has 1 N–H and O–H groups in total. The highest BCUT2D eigenvalue weighted by molar-refractivity contribution is 8.18. The van der Waals surface area contributed by atoms with E-state index in [0.717, 1.165) is 5.75 Å². The van der Waals surface area contributed by atoms with E-state index in [-0.39, 0.29) is 11.6 Å². The molecular weight excluding hydrogens is 406 g/mol. The van der Waals surface area contributed by atoms with Gasteiger partial charge in [0, 0.05) is 23.8 Å². The van der Waals surface area contributed by atoms with E-state index in [0.29, 0.717) is 32.8 Å². The van der Waals surface area contributed by atoms with Crippen molar-refractivity contribution < 1.29 is 18.9 Å². The first-order valence-corrected chi connectivity index (χ1v) is 9.62. The number of benzene rings is 2. The highest BCUT2D eigenvalue weighted by Gasteiger charge is 2.24. The Labute approximate surface area is 175 Å². The lowest BCUT2D eigenvalue weighted by atomic mass is 10.1. The number of non-ortho nitro benzene ring substituents is 1.